The van der Waals surface area contributed by atoms with Crippen LogP contribution in [0.4, 0.5) is 13.2 Å². The summed E-state index contributed by atoms with van der Waals surface area (Å²) >= 11 is 0. The molecule has 0 saturated carbocycles. The molecule has 1 rings (SSSR count). The molecule has 0 fully saturated rings. The van der Waals surface area contributed by atoms with Crippen LogP contribution in [0.3, 0.4) is 0 Å². The third kappa shape index (κ3) is 5.70. The van der Waals surface area contributed by atoms with Gasteiger partial charge in [-0.3, -0.25) is 0 Å². The molecule has 96 valence electrons. The van der Waals surface area contributed by atoms with Crippen LogP contribution < -0.4 is 5.32 Å². The smallest absolute Gasteiger partial charge is 0.367 e. The van der Waals surface area contributed by atoms with Gasteiger partial charge in [0.1, 0.15) is 6.61 Å². The summed E-state index contributed by atoms with van der Waals surface area (Å²) in [6.07, 6.45) is -4.27. The number of hydrogen-bond donors (Lipinski definition) is 1. The molecule has 0 bridgehead atoms. The Morgan fingerprint density at radius 1 is 1.18 bits per heavy atom. The molecule has 17 heavy (non-hydrogen) atoms. The summed E-state index contributed by atoms with van der Waals surface area (Å²) in [7, 11) is 0. The second kappa shape index (κ2) is 6.61. The van der Waals surface area contributed by atoms with E-state index >= 15 is 0 Å². The molecule has 1 aromatic rings. The van der Waals surface area contributed by atoms with Crippen LogP contribution in [0.1, 0.15) is 18.1 Å². The Bertz CT molecular complexity index is 339. The predicted octanol–water partition coefficient (Wildman–Crippen LogP) is 2.88. The maximum absolute atomic E-state index is 11.9. The predicted molar refractivity (Wildman–Crippen MR) is 59.5 cm³/mol. The molecule has 0 saturated heterocycles. The number of rotatable bonds is 6. The van der Waals surface area contributed by atoms with Crippen molar-refractivity contribution in [3.8, 4) is 0 Å². The average molecular weight is 247 g/mol. The summed E-state index contributed by atoms with van der Waals surface area (Å²) in [5.74, 6) is 0. The maximum Gasteiger partial charge on any atom is 0.411 e. The van der Waals surface area contributed by atoms with Gasteiger partial charge in [0.25, 0.3) is 0 Å². The first kappa shape index (κ1) is 14.0. The molecule has 0 aliphatic rings. The van der Waals surface area contributed by atoms with E-state index in [-0.39, 0.29) is 6.61 Å². The lowest BCUT2D eigenvalue weighted by atomic mass is 10.1. The highest BCUT2D eigenvalue weighted by atomic mass is 19.4. The molecule has 0 unspecified atom stereocenters. The number of ether oxygens (including phenoxy) is 1. The van der Waals surface area contributed by atoms with Gasteiger partial charge < -0.3 is 10.1 Å². The van der Waals surface area contributed by atoms with Gasteiger partial charge in [-0.1, -0.05) is 31.2 Å². The Hall–Kier alpha value is -1.07. The minimum Gasteiger partial charge on any atom is -0.367 e. The number of halogens is 3. The van der Waals surface area contributed by atoms with E-state index in [0.29, 0.717) is 6.54 Å². The van der Waals surface area contributed by atoms with Gasteiger partial charge in [-0.2, -0.15) is 13.2 Å². The highest BCUT2D eigenvalue weighted by molar-refractivity contribution is 5.26. The van der Waals surface area contributed by atoms with E-state index in [0.717, 1.165) is 17.7 Å². The topological polar surface area (TPSA) is 21.3 Å². The fourth-order valence-corrected chi connectivity index (χ4v) is 1.41. The molecular formula is C12H16F3NO. The Morgan fingerprint density at radius 2 is 1.82 bits per heavy atom. The highest BCUT2D eigenvalue weighted by Crippen LogP contribution is 2.16. The maximum atomic E-state index is 11.9. The summed E-state index contributed by atoms with van der Waals surface area (Å²) in [6, 6.07) is 7.32. The Labute approximate surface area is 98.8 Å². The summed E-state index contributed by atoms with van der Waals surface area (Å²) in [4.78, 5) is 0. The Morgan fingerprint density at radius 3 is 2.41 bits per heavy atom. The molecule has 1 aromatic carbocycles. The molecule has 0 heterocycles. The fraction of sp³-hybridized carbons (Fsp3) is 0.500. The minimum absolute atomic E-state index is 0.0128. The van der Waals surface area contributed by atoms with Crippen LogP contribution >= 0.6 is 0 Å². The summed E-state index contributed by atoms with van der Waals surface area (Å²) in [6.45, 7) is 2.21. The van der Waals surface area contributed by atoms with Crippen molar-refractivity contribution in [2.45, 2.75) is 26.3 Å². The molecule has 0 atom stereocenters. The second-order valence-corrected chi connectivity index (χ2v) is 3.66. The van der Waals surface area contributed by atoms with Crippen LogP contribution in [-0.2, 0) is 17.9 Å². The van der Waals surface area contributed by atoms with Gasteiger partial charge in [0.2, 0.25) is 0 Å². The summed E-state index contributed by atoms with van der Waals surface area (Å²) < 4.78 is 40.4. The monoisotopic (exact) mass is 247 g/mol. The lowest BCUT2D eigenvalue weighted by Gasteiger charge is -2.11. The summed E-state index contributed by atoms with van der Waals surface area (Å²) in [5.41, 5.74) is 1.76. The molecule has 0 radical (unpaired) electrons. The first-order valence-electron chi connectivity index (χ1n) is 5.45. The molecule has 0 amide bonds. The van der Waals surface area contributed by atoms with Crippen molar-refractivity contribution in [2.24, 2.45) is 0 Å². The number of alkyl halides is 3. The lowest BCUT2D eigenvalue weighted by Crippen LogP contribution is -2.18. The van der Waals surface area contributed by atoms with Crippen molar-refractivity contribution in [1.29, 1.82) is 0 Å². The van der Waals surface area contributed by atoms with Crippen LogP contribution in [0, 0.1) is 0 Å². The van der Waals surface area contributed by atoms with Gasteiger partial charge in [-0.05, 0) is 17.7 Å². The average Bonchev–Trinajstić information content (AvgIpc) is 2.26. The normalized spacial score (nSPS) is 11.8. The van der Waals surface area contributed by atoms with Crippen LogP contribution in [0.2, 0.25) is 0 Å². The molecular weight excluding hydrogens is 231 g/mol. The second-order valence-electron chi connectivity index (χ2n) is 3.66. The zero-order valence-corrected chi connectivity index (χ0v) is 9.68. The van der Waals surface area contributed by atoms with E-state index in [9.17, 15) is 13.2 Å². The zero-order valence-electron chi connectivity index (χ0n) is 9.68. The highest BCUT2D eigenvalue weighted by Gasteiger charge is 2.27. The van der Waals surface area contributed by atoms with E-state index in [1.165, 1.54) is 0 Å². The van der Waals surface area contributed by atoms with Gasteiger partial charge in [0.05, 0.1) is 6.61 Å². The van der Waals surface area contributed by atoms with Crippen molar-refractivity contribution < 1.29 is 17.9 Å². The van der Waals surface area contributed by atoms with E-state index < -0.39 is 12.8 Å². The number of nitrogens with one attached hydrogen (secondary N) is 1. The van der Waals surface area contributed by atoms with Crippen molar-refractivity contribution >= 4 is 0 Å². The van der Waals surface area contributed by atoms with E-state index in [4.69, 9.17) is 0 Å². The van der Waals surface area contributed by atoms with Crippen LogP contribution in [0.15, 0.2) is 24.3 Å². The third-order valence-corrected chi connectivity index (χ3v) is 2.21. The standard InChI is InChI=1S/C12H16F3NO/c1-2-16-7-10-5-3-4-6-11(10)8-17-9-12(13,14)15/h3-6,16H,2,7-9H2,1H3. The zero-order chi connectivity index (χ0) is 12.7. The summed E-state index contributed by atoms with van der Waals surface area (Å²) in [5, 5.41) is 3.13. The fourth-order valence-electron chi connectivity index (χ4n) is 1.41. The lowest BCUT2D eigenvalue weighted by molar-refractivity contribution is -0.176. The van der Waals surface area contributed by atoms with Crippen molar-refractivity contribution in [3.05, 3.63) is 35.4 Å². The molecule has 0 aliphatic heterocycles. The SMILES string of the molecule is CCNCc1ccccc1COCC(F)(F)F. The van der Waals surface area contributed by atoms with Crippen molar-refractivity contribution in [3.63, 3.8) is 0 Å². The van der Waals surface area contributed by atoms with Gasteiger partial charge in [-0.15, -0.1) is 0 Å². The van der Waals surface area contributed by atoms with E-state index in [1.807, 2.05) is 19.1 Å². The van der Waals surface area contributed by atoms with Gasteiger partial charge in [-0.25, -0.2) is 0 Å². The molecule has 1 N–H and O–H groups in total. The third-order valence-electron chi connectivity index (χ3n) is 2.21. The van der Waals surface area contributed by atoms with Crippen molar-refractivity contribution in [2.75, 3.05) is 13.2 Å². The quantitative estimate of drug-likeness (QED) is 0.834. The molecule has 0 spiro atoms. The van der Waals surface area contributed by atoms with Crippen LogP contribution in [-0.4, -0.2) is 19.3 Å². The number of hydrogen-bond acceptors (Lipinski definition) is 2. The van der Waals surface area contributed by atoms with E-state index in [2.05, 4.69) is 10.1 Å². The Balaban J connectivity index is 2.51. The van der Waals surface area contributed by atoms with Gasteiger partial charge >= 0.3 is 6.18 Å². The largest absolute Gasteiger partial charge is 0.411 e. The molecule has 0 aliphatic carbocycles. The van der Waals surface area contributed by atoms with Crippen molar-refractivity contribution in [1.82, 2.24) is 5.32 Å². The molecule has 2 nitrogen and oxygen atoms in total. The van der Waals surface area contributed by atoms with E-state index in [1.54, 1.807) is 12.1 Å². The van der Waals surface area contributed by atoms with Crippen LogP contribution in [0.5, 0.6) is 0 Å². The first-order valence-corrected chi connectivity index (χ1v) is 5.45. The molecule has 5 heteroatoms. The van der Waals surface area contributed by atoms with Crippen LogP contribution in [0.25, 0.3) is 0 Å². The Kier molecular flexibility index (Phi) is 5.44. The van der Waals surface area contributed by atoms with Gasteiger partial charge in [0.15, 0.2) is 0 Å². The van der Waals surface area contributed by atoms with Gasteiger partial charge in [0, 0.05) is 6.54 Å². The minimum atomic E-state index is -4.27. The molecule has 0 aromatic heterocycles. The first-order chi connectivity index (χ1) is 8.03. The number of benzene rings is 1.